The van der Waals surface area contributed by atoms with Crippen LogP contribution in [-0.4, -0.2) is 29.5 Å². The van der Waals surface area contributed by atoms with Gasteiger partial charge in [0, 0.05) is 25.9 Å². The Morgan fingerprint density at radius 1 is 1.10 bits per heavy atom. The summed E-state index contributed by atoms with van der Waals surface area (Å²) >= 11 is 0. The normalized spacial score (nSPS) is 18.2. The van der Waals surface area contributed by atoms with Crippen LogP contribution in [0, 0.1) is 13.8 Å². The summed E-state index contributed by atoms with van der Waals surface area (Å²) in [6, 6.07) is 10.9. The summed E-state index contributed by atoms with van der Waals surface area (Å²) in [5, 5.41) is 0. The number of Topliss-reactive ketones (excluding diaryl/α,β-unsaturated/α-hetero) is 1. The number of nitrogens with zero attached hydrogens (tertiary/aromatic N) is 2. The fraction of sp³-hybridized carbons (Fsp3) is 0.440. The van der Waals surface area contributed by atoms with Crippen LogP contribution in [-0.2, 0) is 0 Å². The van der Waals surface area contributed by atoms with Gasteiger partial charge in [-0.3, -0.25) is 4.79 Å². The molecule has 0 radical (unpaired) electrons. The Hall–Kier alpha value is -2.82. The van der Waals surface area contributed by atoms with E-state index in [9.17, 15) is 4.79 Å². The summed E-state index contributed by atoms with van der Waals surface area (Å²) in [4.78, 5) is 19.8. The molecular weight excluding hydrogens is 376 g/mol. The summed E-state index contributed by atoms with van der Waals surface area (Å²) in [6.45, 7) is 9.92. The predicted molar refractivity (Wildman–Crippen MR) is 118 cm³/mol. The van der Waals surface area contributed by atoms with E-state index in [2.05, 4.69) is 36.9 Å². The van der Waals surface area contributed by atoms with Crippen molar-refractivity contribution in [2.75, 3.05) is 18.0 Å². The molecule has 3 heterocycles. The first kappa shape index (κ1) is 19.2. The minimum Gasteiger partial charge on any atom is -0.486 e. The summed E-state index contributed by atoms with van der Waals surface area (Å²) in [7, 11) is 0. The number of carbonyl (C=O) groups is 1. The first-order valence-electron chi connectivity index (χ1n) is 10.8. The van der Waals surface area contributed by atoms with Crippen molar-refractivity contribution in [1.29, 1.82) is 0 Å². The first-order chi connectivity index (χ1) is 14.3. The number of rotatable bonds is 2. The van der Waals surface area contributed by atoms with Gasteiger partial charge in [0.25, 0.3) is 6.01 Å². The van der Waals surface area contributed by atoms with Crippen LogP contribution < -0.4 is 9.64 Å². The quantitative estimate of drug-likeness (QED) is 0.559. The van der Waals surface area contributed by atoms with Crippen molar-refractivity contribution < 1.29 is 13.9 Å². The lowest BCUT2D eigenvalue weighted by Crippen LogP contribution is -2.51. The average molecular weight is 405 g/mol. The molecule has 5 rings (SSSR count). The van der Waals surface area contributed by atoms with Gasteiger partial charge in [-0.05, 0) is 54.7 Å². The Labute approximate surface area is 177 Å². The van der Waals surface area contributed by atoms with Gasteiger partial charge in [-0.1, -0.05) is 26.0 Å². The first-order valence-corrected chi connectivity index (χ1v) is 10.8. The molecule has 3 aromatic rings. The van der Waals surface area contributed by atoms with Crippen LogP contribution in [0.1, 0.15) is 66.1 Å². The SMILES string of the molecule is Cc1cc(C)c2c(c1)OC1(CCN(c3nc4cc(C(C)C)ccc4o3)CC1)CC2=O. The minimum atomic E-state index is -0.419. The van der Waals surface area contributed by atoms with Crippen LogP contribution in [0.3, 0.4) is 0 Å². The van der Waals surface area contributed by atoms with Gasteiger partial charge in [0.15, 0.2) is 11.4 Å². The van der Waals surface area contributed by atoms with E-state index < -0.39 is 5.60 Å². The number of hydrogen-bond acceptors (Lipinski definition) is 5. The standard InChI is InChI=1S/C25H28N2O3/c1-15(2)18-5-6-21-19(13-18)26-24(29-21)27-9-7-25(8-10-27)14-20(28)23-17(4)11-16(3)12-22(23)30-25/h5-6,11-13,15H,7-10,14H2,1-4H3. The van der Waals surface area contributed by atoms with E-state index in [0.29, 0.717) is 18.4 Å². The molecule has 30 heavy (non-hydrogen) atoms. The summed E-state index contributed by atoms with van der Waals surface area (Å²) < 4.78 is 12.5. The maximum absolute atomic E-state index is 12.9. The van der Waals surface area contributed by atoms with Crippen molar-refractivity contribution in [3.05, 3.63) is 52.6 Å². The molecule has 5 nitrogen and oxygen atoms in total. The molecule has 1 aromatic heterocycles. The maximum atomic E-state index is 12.9. The number of fused-ring (bicyclic) bond motifs is 2. The van der Waals surface area contributed by atoms with E-state index in [0.717, 1.165) is 59.5 Å². The second kappa shape index (κ2) is 6.86. The summed E-state index contributed by atoms with van der Waals surface area (Å²) in [5.74, 6) is 1.41. The zero-order valence-electron chi connectivity index (χ0n) is 18.1. The molecule has 0 atom stereocenters. The van der Waals surface area contributed by atoms with Gasteiger partial charge in [-0.2, -0.15) is 4.98 Å². The number of hydrogen-bond donors (Lipinski definition) is 0. The largest absolute Gasteiger partial charge is 0.486 e. The number of ketones is 1. The van der Waals surface area contributed by atoms with Crippen molar-refractivity contribution in [2.24, 2.45) is 0 Å². The predicted octanol–water partition coefficient (Wildman–Crippen LogP) is 5.57. The number of aromatic nitrogens is 1. The zero-order chi connectivity index (χ0) is 21.0. The molecular formula is C25H28N2O3. The highest BCUT2D eigenvalue weighted by Gasteiger charge is 2.44. The van der Waals surface area contributed by atoms with Crippen LogP contribution in [0.5, 0.6) is 5.75 Å². The number of oxazole rings is 1. The molecule has 156 valence electrons. The highest BCUT2D eigenvalue weighted by molar-refractivity contribution is 6.01. The Balaban J connectivity index is 1.36. The van der Waals surface area contributed by atoms with Crippen LogP contribution >= 0.6 is 0 Å². The molecule has 0 bridgehead atoms. The van der Waals surface area contributed by atoms with Gasteiger partial charge in [-0.15, -0.1) is 0 Å². The molecule has 1 saturated heterocycles. The Bertz CT molecular complexity index is 1140. The number of carbonyl (C=O) groups excluding carboxylic acids is 1. The lowest BCUT2D eigenvalue weighted by molar-refractivity contribution is 0.0225. The summed E-state index contributed by atoms with van der Waals surface area (Å²) in [5.41, 5.74) is 5.46. The van der Waals surface area contributed by atoms with Crippen LogP contribution in [0.15, 0.2) is 34.7 Å². The third-order valence-corrected chi connectivity index (χ3v) is 6.54. The van der Waals surface area contributed by atoms with E-state index in [1.807, 2.05) is 26.0 Å². The van der Waals surface area contributed by atoms with Gasteiger partial charge in [0.05, 0.1) is 12.0 Å². The van der Waals surface area contributed by atoms with Crippen molar-refractivity contribution >= 4 is 22.9 Å². The molecule has 2 aliphatic rings. The molecule has 0 N–H and O–H groups in total. The average Bonchev–Trinajstić information content (AvgIpc) is 3.10. The van der Waals surface area contributed by atoms with Crippen LogP contribution in [0.2, 0.25) is 0 Å². The van der Waals surface area contributed by atoms with Gasteiger partial charge in [0.2, 0.25) is 0 Å². The molecule has 1 fully saturated rings. The zero-order valence-corrected chi connectivity index (χ0v) is 18.1. The second-order valence-electron chi connectivity index (χ2n) is 9.21. The van der Waals surface area contributed by atoms with Crippen molar-refractivity contribution in [1.82, 2.24) is 4.98 Å². The molecule has 0 amide bonds. The van der Waals surface area contributed by atoms with E-state index >= 15 is 0 Å². The van der Waals surface area contributed by atoms with Crippen molar-refractivity contribution in [3.8, 4) is 5.75 Å². The lowest BCUT2D eigenvalue weighted by Gasteiger charge is -2.43. The molecule has 5 heteroatoms. The molecule has 0 aliphatic carbocycles. The third kappa shape index (κ3) is 3.17. The highest BCUT2D eigenvalue weighted by atomic mass is 16.5. The van der Waals surface area contributed by atoms with Crippen LogP contribution in [0.4, 0.5) is 6.01 Å². The van der Waals surface area contributed by atoms with E-state index in [1.54, 1.807) is 0 Å². The molecule has 2 aromatic carbocycles. The smallest absolute Gasteiger partial charge is 0.298 e. The van der Waals surface area contributed by atoms with Crippen molar-refractivity contribution in [2.45, 2.75) is 58.5 Å². The monoisotopic (exact) mass is 404 g/mol. The van der Waals surface area contributed by atoms with Gasteiger partial charge in [0.1, 0.15) is 16.9 Å². The van der Waals surface area contributed by atoms with E-state index in [4.69, 9.17) is 14.1 Å². The molecule has 1 spiro atoms. The molecule has 0 saturated carbocycles. The molecule has 2 aliphatic heterocycles. The van der Waals surface area contributed by atoms with Gasteiger partial charge >= 0.3 is 0 Å². The number of piperidine rings is 1. The van der Waals surface area contributed by atoms with Crippen molar-refractivity contribution in [3.63, 3.8) is 0 Å². The summed E-state index contributed by atoms with van der Waals surface area (Å²) in [6.07, 6.45) is 2.01. The fourth-order valence-electron chi connectivity index (χ4n) is 4.83. The Morgan fingerprint density at radius 2 is 1.87 bits per heavy atom. The number of anilines is 1. The number of ether oxygens (including phenoxy) is 1. The third-order valence-electron chi connectivity index (χ3n) is 6.54. The minimum absolute atomic E-state index is 0.199. The lowest BCUT2D eigenvalue weighted by atomic mass is 9.81. The number of benzene rings is 2. The van der Waals surface area contributed by atoms with E-state index in [-0.39, 0.29) is 5.78 Å². The number of aryl methyl sites for hydroxylation is 2. The second-order valence-corrected chi connectivity index (χ2v) is 9.21. The van der Waals surface area contributed by atoms with Gasteiger partial charge < -0.3 is 14.1 Å². The topological polar surface area (TPSA) is 55.6 Å². The highest BCUT2D eigenvalue weighted by Crippen LogP contribution is 2.41. The fourth-order valence-corrected chi connectivity index (χ4v) is 4.83. The van der Waals surface area contributed by atoms with Gasteiger partial charge in [-0.25, -0.2) is 0 Å². The molecule has 0 unspecified atom stereocenters. The van der Waals surface area contributed by atoms with E-state index in [1.165, 1.54) is 5.56 Å². The van der Waals surface area contributed by atoms with Crippen LogP contribution in [0.25, 0.3) is 11.1 Å². The Kier molecular flexibility index (Phi) is 4.38. The Morgan fingerprint density at radius 3 is 2.60 bits per heavy atom. The maximum Gasteiger partial charge on any atom is 0.298 e.